The van der Waals surface area contributed by atoms with Crippen molar-refractivity contribution in [1.29, 1.82) is 0 Å². The first-order chi connectivity index (χ1) is 13.0. The molecule has 0 aliphatic heterocycles. The Morgan fingerprint density at radius 2 is 1.85 bits per heavy atom. The van der Waals surface area contributed by atoms with E-state index in [1.54, 1.807) is 55.5 Å². The largest absolute Gasteiger partial charge is 0.454 e. The molecule has 0 aliphatic rings. The first kappa shape index (κ1) is 18.1. The predicted octanol–water partition coefficient (Wildman–Crippen LogP) is 4.70. The van der Waals surface area contributed by atoms with Crippen LogP contribution >= 0.6 is 0 Å². The van der Waals surface area contributed by atoms with E-state index >= 15 is 0 Å². The summed E-state index contributed by atoms with van der Waals surface area (Å²) >= 11 is 0. The molecule has 1 aromatic heterocycles. The van der Waals surface area contributed by atoms with Gasteiger partial charge in [0, 0.05) is 18.3 Å². The lowest BCUT2D eigenvalue weighted by atomic mass is 10.1. The Balaban J connectivity index is 1.78. The molecule has 0 fully saturated rings. The lowest BCUT2D eigenvalue weighted by molar-refractivity contribution is -0.385. The summed E-state index contributed by atoms with van der Waals surface area (Å²) in [4.78, 5) is 27.1. The van der Waals surface area contributed by atoms with E-state index in [1.807, 2.05) is 6.07 Å². The van der Waals surface area contributed by atoms with Crippen molar-refractivity contribution in [3.05, 3.63) is 94.2 Å². The van der Waals surface area contributed by atoms with Crippen LogP contribution in [0.15, 0.2) is 72.9 Å². The lowest BCUT2D eigenvalue weighted by Gasteiger charge is -2.15. The van der Waals surface area contributed by atoms with Crippen molar-refractivity contribution < 1.29 is 19.2 Å². The number of carbonyl (C=O) groups excluding carboxylic acids is 1. The molecule has 0 bridgehead atoms. The lowest BCUT2D eigenvalue weighted by Crippen LogP contribution is -2.11. The molecule has 136 valence electrons. The number of non-ortho nitro benzene ring substituents is 1. The summed E-state index contributed by atoms with van der Waals surface area (Å²) < 4.78 is 11.1. The summed E-state index contributed by atoms with van der Waals surface area (Å²) in [6.45, 7) is 1.64. The first-order valence-corrected chi connectivity index (χ1v) is 8.18. The van der Waals surface area contributed by atoms with Crippen LogP contribution < -0.4 is 4.74 Å². The van der Waals surface area contributed by atoms with Crippen LogP contribution in [0.2, 0.25) is 0 Å². The molecule has 1 atom stereocenters. The van der Waals surface area contributed by atoms with E-state index in [9.17, 15) is 14.9 Å². The highest BCUT2D eigenvalue weighted by atomic mass is 16.6. The second-order valence-corrected chi connectivity index (χ2v) is 5.67. The number of esters is 1. The topological polar surface area (TPSA) is 91.6 Å². The van der Waals surface area contributed by atoms with Crippen LogP contribution in [0.1, 0.15) is 28.9 Å². The van der Waals surface area contributed by atoms with Gasteiger partial charge in [-0.15, -0.1) is 0 Å². The Bertz CT molecular complexity index is 959. The zero-order chi connectivity index (χ0) is 19.2. The van der Waals surface area contributed by atoms with Crippen LogP contribution in [0.25, 0.3) is 0 Å². The predicted molar refractivity (Wildman–Crippen MR) is 97.7 cm³/mol. The molecular weight excluding hydrogens is 348 g/mol. The van der Waals surface area contributed by atoms with Crippen molar-refractivity contribution in [3.63, 3.8) is 0 Å². The van der Waals surface area contributed by atoms with Crippen LogP contribution in [-0.4, -0.2) is 15.9 Å². The summed E-state index contributed by atoms with van der Waals surface area (Å²) in [5, 5.41) is 10.9. The number of nitrogens with zero attached hydrogens (tertiary/aromatic N) is 2. The fraction of sp³-hybridized carbons (Fsp3) is 0.100. The van der Waals surface area contributed by atoms with Gasteiger partial charge in [0.15, 0.2) is 0 Å². The molecule has 0 radical (unpaired) electrons. The maximum Gasteiger partial charge on any atom is 0.344 e. The summed E-state index contributed by atoms with van der Waals surface area (Å²) in [7, 11) is 0. The van der Waals surface area contributed by atoms with E-state index in [0.717, 1.165) is 0 Å². The van der Waals surface area contributed by atoms with E-state index in [0.29, 0.717) is 11.3 Å². The standard InChI is InChI=1S/C20H16N2O5/c1-14(15-7-5-8-16(13-15)22(24)25)26-20(23)18-11-6-12-21-19(18)27-17-9-3-2-4-10-17/h2-14H,1H3. The third kappa shape index (κ3) is 4.46. The van der Waals surface area contributed by atoms with Gasteiger partial charge in [0.25, 0.3) is 5.69 Å². The molecule has 1 heterocycles. The maximum atomic E-state index is 12.6. The van der Waals surface area contributed by atoms with E-state index < -0.39 is 17.0 Å². The maximum absolute atomic E-state index is 12.6. The van der Waals surface area contributed by atoms with Crippen molar-refractivity contribution in [2.45, 2.75) is 13.0 Å². The van der Waals surface area contributed by atoms with Crippen molar-refractivity contribution in [2.24, 2.45) is 0 Å². The number of hydrogen-bond acceptors (Lipinski definition) is 6. The van der Waals surface area contributed by atoms with Crippen molar-refractivity contribution in [2.75, 3.05) is 0 Å². The Morgan fingerprint density at radius 1 is 1.07 bits per heavy atom. The van der Waals surface area contributed by atoms with Gasteiger partial charge in [-0.1, -0.05) is 30.3 Å². The molecule has 0 saturated carbocycles. The zero-order valence-electron chi connectivity index (χ0n) is 14.4. The summed E-state index contributed by atoms with van der Waals surface area (Å²) in [6, 6.07) is 18.1. The minimum atomic E-state index is -0.679. The van der Waals surface area contributed by atoms with E-state index in [-0.39, 0.29) is 17.1 Å². The molecule has 0 spiro atoms. The van der Waals surface area contributed by atoms with Crippen LogP contribution in [0, 0.1) is 10.1 Å². The Labute approximate surface area is 155 Å². The number of nitro benzene ring substituents is 1. The number of nitro groups is 1. The highest BCUT2D eigenvalue weighted by Gasteiger charge is 2.20. The van der Waals surface area contributed by atoms with Gasteiger partial charge in [0.1, 0.15) is 17.4 Å². The molecule has 0 N–H and O–H groups in total. The van der Waals surface area contributed by atoms with Gasteiger partial charge in [0.2, 0.25) is 5.88 Å². The smallest absolute Gasteiger partial charge is 0.344 e. The number of hydrogen-bond donors (Lipinski definition) is 0. The van der Waals surface area contributed by atoms with Gasteiger partial charge in [-0.3, -0.25) is 10.1 Å². The molecule has 7 nitrogen and oxygen atoms in total. The number of pyridine rings is 1. The van der Waals surface area contributed by atoms with Crippen LogP contribution in [0.5, 0.6) is 11.6 Å². The van der Waals surface area contributed by atoms with Gasteiger partial charge in [-0.25, -0.2) is 9.78 Å². The molecule has 3 rings (SSSR count). The van der Waals surface area contributed by atoms with E-state index in [1.165, 1.54) is 18.3 Å². The molecular formula is C20H16N2O5. The Hall–Kier alpha value is -3.74. The van der Waals surface area contributed by atoms with Crippen molar-refractivity contribution in [3.8, 4) is 11.6 Å². The Kier molecular flexibility index (Phi) is 5.41. The normalized spacial score (nSPS) is 11.4. The summed E-state index contributed by atoms with van der Waals surface area (Å²) in [5.74, 6) is 0.0324. The quantitative estimate of drug-likeness (QED) is 0.358. The zero-order valence-corrected chi connectivity index (χ0v) is 14.4. The molecule has 0 aliphatic carbocycles. The third-order valence-corrected chi connectivity index (χ3v) is 3.78. The van der Waals surface area contributed by atoms with Gasteiger partial charge < -0.3 is 9.47 Å². The molecule has 7 heteroatoms. The van der Waals surface area contributed by atoms with Gasteiger partial charge >= 0.3 is 5.97 Å². The molecule has 0 saturated heterocycles. The second kappa shape index (κ2) is 8.09. The van der Waals surface area contributed by atoms with Crippen LogP contribution in [0.4, 0.5) is 5.69 Å². The summed E-state index contributed by atoms with van der Waals surface area (Å²) in [6.07, 6.45) is 0.834. The number of benzene rings is 2. The molecule has 1 unspecified atom stereocenters. The van der Waals surface area contributed by atoms with Gasteiger partial charge in [0.05, 0.1) is 4.92 Å². The minimum absolute atomic E-state index is 0.0649. The minimum Gasteiger partial charge on any atom is -0.454 e. The van der Waals surface area contributed by atoms with E-state index in [4.69, 9.17) is 9.47 Å². The summed E-state index contributed by atoms with van der Waals surface area (Å²) in [5.41, 5.74) is 0.621. The second-order valence-electron chi connectivity index (χ2n) is 5.67. The number of rotatable bonds is 6. The molecule has 3 aromatic rings. The van der Waals surface area contributed by atoms with Crippen LogP contribution in [-0.2, 0) is 4.74 Å². The number of carbonyl (C=O) groups is 1. The average Bonchev–Trinajstić information content (AvgIpc) is 2.69. The fourth-order valence-electron chi connectivity index (χ4n) is 2.41. The monoisotopic (exact) mass is 364 g/mol. The average molecular weight is 364 g/mol. The number of para-hydroxylation sites is 1. The highest BCUT2D eigenvalue weighted by Crippen LogP contribution is 2.26. The fourth-order valence-corrected chi connectivity index (χ4v) is 2.41. The van der Waals surface area contributed by atoms with E-state index in [2.05, 4.69) is 4.98 Å². The van der Waals surface area contributed by atoms with Crippen molar-refractivity contribution in [1.82, 2.24) is 4.98 Å². The number of aromatic nitrogens is 1. The molecule has 0 amide bonds. The first-order valence-electron chi connectivity index (χ1n) is 8.18. The van der Waals surface area contributed by atoms with Gasteiger partial charge in [-0.05, 0) is 36.8 Å². The third-order valence-electron chi connectivity index (χ3n) is 3.78. The van der Waals surface area contributed by atoms with Crippen molar-refractivity contribution >= 4 is 11.7 Å². The highest BCUT2D eigenvalue weighted by molar-refractivity contribution is 5.92. The van der Waals surface area contributed by atoms with Gasteiger partial charge in [-0.2, -0.15) is 0 Å². The number of ether oxygens (including phenoxy) is 2. The Morgan fingerprint density at radius 3 is 2.59 bits per heavy atom. The molecule has 27 heavy (non-hydrogen) atoms. The molecule has 2 aromatic carbocycles. The SMILES string of the molecule is CC(OC(=O)c1cccnc1Oc1ccccc1)c1cccc([N+](=O)[O-])c1. The van der Waals surface area contributed by atoms with Crippen LogP contribution in [0.3, 0.4) is 0 Å².